The summed E-state index contributed by atoms with van der Waals surface area (Å²) in [5.74, 6) is 0. The highest BCUT2D eigenvalue weighted by Gasteiger charge is 2.21. The summed E-state index contributed by atoms with van der Waals surface area (Å²) < 4.78 is 0. The highest BCUT2D eigenvalue weighted by atomic mass is 35.5. The Hall–Kier alpha value is -0.570. The summed E-state index contributed by atoms with van der Waals surface area (Å²) >= 11 is 5.88. The molecule has 1 N–H and O–H groups in total. The number of hydrogen-bond acceptors (Lipinski definition) is 2. The van der Waals surface area contributed by atoms with Crippen molar-refractivity contribution < 1.29 is 0 Å². The highest BCUT2D eigenvalue weighted by molar-refractivity contribution is 6.30. The molecule has 0 unspecified atom stereocenters. The van der Waals surface area contributed by atoms with Crippen molar-refractivity contribution >= 4 is 11.6 Å². The Morgan fingerprint density at radius 1 is 1.31 bits per heavy atom. The summed E-state index contributed by atoms with van der Waals surface area (Å²) in [6, 6.07) is 9.35. The van der Waals surface area contributed by atoms with Gasteiger partial charge in [0.25, 0.3) is 0 Å². The van der Waals surface area contributed by atoms with Crippen LogP contribution < -0.4 is 5.32 Å². The summed E-state index contributed by atoms with van der Waals surface area (Å²) in [6.45, 7) is 7.72. The first-order chi connectivity index (χ1) is 7.65. The molecule has 1 aromatic rings. The van der Waals surface area contributed by atoms with E-state index in [0.29, 0.717) is 12.1 Å². The van der Waals surface area contributed by atoms with Gasteiger partial charge < -0.3 is 5.32 Å². The molecule has 0 radical (unpaired) electrons. The smallest absolute Gasteiger partial charge is 0.0406 e. The zero-order chi connectivity index (χ0) is 11.5. The van der Waals surface area contributed by atoms with Crippen LogP contribution in [0.3, 0.4) is 0 Å². The molecule has 0 bridgehead atoms. The molecule has 1 aromatic carbocycles. The van der Waals surface area contributed by atoms with Crippen LogP contribution in [0.15, 0.2) is 24.3 Å². The number of nitrogens with zero attached hydrogens (tertiary/aromatic N) is 1. The molecule has 1 aliphatic rings. The van der Waals surface area contributed by atoms with Crippen molar-refractivity contribution in [3.05, 3.63) is 34.9 Å². The maximum atomic E-state index is 5.88. The van der Waals surface area contributed by atoms with Gasteiger partial charge in [-0.2, -0.15) is 0 Å². The molecular weight excluding hydrogens is 220 g/mol. The maximum Gasteiger partial charge on any atom is 0.0406 e. The van der Waals surface area contributed by atoms with Crippen molar-refractivity contribution in [2.24, 2.45) is 0 Å². The molecule has 2 atom stereocenters. The zero-order valence-corrected chi connectivity index (χ0v) is 10.7. The highest BCUT2D eigenvalue weighted by Crippen LogP contribution is 2.14. The van der Waals surface area contributed by atoms with Gasteiger partial charge in [0.2, 0.25) is 0 Å². The second-order valence-corrected chi connectivity index (χ2v) is 5.15. The van der Waals surface area contributed by atoms with Crippen LogP contribution >= 0.6 is 11.6 Å². The minimum atomic E-state index is 0.587. The summed E-state index contributed by atoms with van der Waals surface area (Å²) in [4.78, 5) is 2.52. The zero-order valence-electron chi connectivity index (χ0n) is 9.91. The van der Waals surface area contributed by atoms with Gasteiger partial charge in [-0.1, -0.05) is 23.7 Å². The van der Waals surface area contributed by atoms with E-state index in [-0.39, 0.29) is 0 Å². The first-order valence-electron chi connectivity index (χ1n) is 5.87. The Morgan fingerprint density at radius 2 is 2.00 bits per heavy atom. The molecule has 2 nitrogen and oxygen atoms in total. The van der Waals surface area contributed by atoms with Gasteiger partial charge in [0.1, 0.15) is 0 Å². The van der Waals surface area contributed by atoms with E-state index in [0.717, 1.165) is 24.7 Å². The first-order valence-corrected chi connectivity index (χ1v) is 6.25. The fourth-order valence-corrected chi connectivity index (χ4v) is 2.27. The Morgan fingerprint density at radius 3 is 2.69 bits per heavy atom. The van der Waals surface area contributed by atoms with Gasteiger partial charge in [-0.3, -0.25) is 4.90 Å². The van der Waals surface area contributed by atoms with E-state index < -0.39 is 0 Å². The van der Waals surface area contributed by atoms with E-state index in [4.69, 9.17) is 11.6 Å². The van der Waals surface area contributed by atoms with Gasteiger partial charge in [-0.15, -0.1) is 0 Å². The molecule has 0 saturated carbocycles. The lowest BCUT2D eigenvalue weighted by atomic mass is 10.1. The van der Waals surface area contributed by atoms with Crippen LogP contribution in [0.5, 0.6) is 0 Å². The quantitative estimate of drug-likeness (QED) is 0.852. The fraction of sp³-hybridized carbons (Fsp3) is 0.538. The topological polar surface area (TPSA) is 15.3 Å². The molecular formula is C13H19ClN2. The van der Waals surface area contributed by atoms with Crippen LogP contribution in [0, 0.1) is 0 Å². The average Bonchev–Trinajstić information content (AvgIpc) is 2.27. The number of hydrogen-bond donors (Lipinski definition) is 1. The van der Waals surface area contributed by atoms with Crippen LogP contribution in [-0.4, -0.2) is 30.1 Å². The van der Waals surface area contributed by atoms with Gasteiger partial charge in [0.15, 0.2) is 0 Å². The SMILES string of the molecule is C[C@@H]1CN(Cc2ccc(Cl)cc2)[C@H](C)CN1. The lowest BCUT2D eigenvalue weighted by molar-refractivity contribution is 0.139. The van der Waals surface area contributed by atoms with Crippen molar-refractivity contribution in [1.29, 1.82) is 0 Å². The summed E-state index contributed by atoms with van der Waals surface area (Å²) in [5, 5.41) is 4.30. The monoisotopic (exact) mass is 238 g/mol. The second-order valence-electron chi connectivity index (χ2n) is 4.71. The standard InChI is InChI=1S/C13H19ClN2/c1-10-8-16(11(2)7-15-10)9-12-3-5-13(14)6-4-12/h3-6,10-11,15H,7-9H2,1-2H3/t10-,11-/m1/s1. The largest absolute Gasteiger partial charge is 0.311 e. The van der Waals surface area contributed by atoms with Crippen LogP contribution in [0.2, 0.25) is 5.02 Å². The Bertz CT molecular complexity index is 336. The molecule has 2 rings (SSSR count). The first kappa shape index (κ1) is 11.9. The van der Waals surface area contributed by atoms with Crippen molar-refractivity contribution in [2.45, 2.75) is 32.5 Å². The Balaban J connectivity index is 2.00. The van der Waals surface area contributed by atoms with Crippen LogP contribution in [0.25, 0.3) is 0 Å². The third-order valence-corrected chi connectivity index (χ3v) is 3.44. The van der Waals surface area contributed by atoms with Crippen molar-refractivity contribution in [2.75, 3.05) is 13.1 Å². The van der Waals surface area contributed by atoms with Crippen molar-refractivity contribution in [1.82, 2.24) is 10.2 Å². The number of halogens is 1. The number of rotatable bonds is 2. The molecule has 3 heteroatoms. The van der Waals surface area contributed by atoms with E-state index in [2.05, 4.69) is 36.2 Å². The number of nitrogens with one attached hydrogen (secondary N) is 1. The molecule has 0 spiro atoms. The van der Waals surface area contributed by atoms with Crippen LogP contribution in [-0.2, 0) is 6.54 Å². The van der Waals surface area contributed by atoms with Crippen LogP contribution in [0.4, 0.5) is 0 Å². The number of piperazine rings is 1. The van der Waals surface area contributed by atoms with E-state index in [9.17, 15) is 0 Å². The van der Waals surface area contributed by atoms with Gasteiger partial charge in [-0.25, -0.2) is 0 Å². The third-order valence-electron chi connectivity index (χ3n) is 3.19. The van der Waals surface area contributed by atoms with E-state index in [1.807, 2.05) is 12.1 Å². The van der Waals surface area contributed by atoms with Gasteiger partial charge in [-0.05, 0) is 31.5 Å². The predicted octanol–water partition coefficient (Wildman–Crippen LogP) is 2.52. The lowest BCUT2D eigenvalue weighted by Crippen LogP contribution is -2.53. The van der Waals surface area contributed by atoms with Gasteiger partial charge in [0.05, 0.1) is 0 Å². The van der Waals surface area contributed by atoms with E-state index >= 15 is 0 Å². The van der Waals surface area contributed by atoms with E-state index in [1.54, 1.807) is 0 Å². The van der Waals surface area contributed by atoms with Crippen LogP contribution in [0.1, 0.15) is 19.4 Å². The van der Waals surface area contributed by atoms with Crippen molar-refractivity contribution in [3.63, 3.8) is 0 Å². The molecule has 88 valence electrons. The minimum absolute atomic E-state index is 0.587. The molecule has 1 aliphatic heterocycles. The van der Waals surface area contributed by atoms with E-state index in [1.165, 1.54) is 5.56 Å². The molecule has 0 aliphatic carbocycles. The van der Waals surface area contributed by atoms with Gasteiger partial charge in [0, 0.05) is 36.7 Å². The molecule has 0 aromatic heterocycles. The second kappa shape index (κ2) is 5.17. The molecule has 1 heterocycles. The third kappa shape index (κ3) is 2.97. The molecule has 1 fully saturated rings. The normalized spacial score (nSPS) is 26.9. The lowest BCUT2D eigenvalue weighted by Gasteiger charge is -2.37. The average molecular weight is 239 g/mol. The minimum Gasteiger partial charge on any atom is -0.311 e. The van der Waals surface area contributed by atoms with Gasteiger partial charge >= 0.3 is 0 Å². The molecule has 0 amide bonds. The summed E-state index contributed by atoms with van der Waals surface area (Å²) in [5.41, 5.74) is 1.34. The predicted molar refractivity (Wildman–Crippen MR) is 68.8 cm³/mol. The molecule has 1 saturated heterocycles. The molecule has 16 heavy (non-hydrogen) atoms. The number of benzene rings is 1. The maximum absolute atomic E-state index is 5.88. The summed E-state index contributed by atoms with van der Waals surface area (Å²) in [7, 11) is 0. The Kier molecular flexibility index (Phi) is 3.85. The fourth-order valence-electron chi connectivity index (χ4n) is 2.14. The van der Waals surface area contributed by atoms with Crippen molar-refractivity contribution in [3.8, 4) is 0 Å². The summed E-state index contributed by atoms with van der Waals surface area (Å²) in [6.07, 6.45) is 0. The Labute approximate surface area is 103 Å².